The van der Waals surface area contributed by atoms with Gasteiger partial charge in [-0.15, -0.1) is 24.2 Å². The van der Waals surface area contributed by atoms with Gasteiger partial charge in [-0.3, -0.25) is 9.59 Å². The van der Waals surface area contributed by atoms with Crippen molar-refractivity contribution in [2.75, 3.05) is 31.1 Å². The van der Waals surface area contributed by atoms with Crippen molar-refractivity contribution in [2.24, 2.45) is 4.99 Å². The summed E-state index contributed by atoms with van der Waals surface area (Å²) in [5, 5.41) is 1.35. The van der Waals surface area contributed by atoms with E-state index < -0.39 is 11.3 Å². The van der Waals surface area contributed by atoms with Crippen LogP contribution in [0.25, 0.3) is 0 Å². The van der Waals surface area contributed by atoms with E-state index in [2.05, 4.69) is 9.89 Å². The molecule has 0 aliphatic carbocycles. The van der Waals surface area contributed by atoms with Crippen molar-refractivity contribution in [1.29, 1.82) is 0 Å². The number of allylic oxidation sites excluding steroid dienone is 1. The number of likely N-dealkylation sites (tertiary alicyclic amines) is 2. The van der Waals surface area contributed by atoms with E-state index in [0.717, 1.165) is 36.4 Å². The molecule has 176 valence electrons. The smallest absolute Gasteiger partial charge is 0.342 e. The SMILES string of the molecule is Cl.O=C(Cc1ccc(N2C(=O)N=C3C=CSC3C2=O)cc1)N1CCC(N2CCCCC2)CC1. The zero-order chi connectivity index (χ0) is 22.1. The van der Waals surface area contributed by atoms with Gasteiger partial charge in [0.2, 0.25) is 5.91 Å². The maximum Gasteiger partial charge on any atom is 0.355 e. The number of carbonyl (C=O) groups is 3. The summed E-state index contributed by atoms with van der Waals surface area (Å²) in [4.78, 5) is 47.7. The quantitative estimate of drug-likeness (QED) is 0.646. The van der Waals surface area contributed by atoms with E-state index in [9.17, 15) is 14.4 Å². The molecule has 0 radical (unpaired) electrons. The van der Waals surface area contributed by atoms with E-state index >= 15 is 0 Å². The van der Waals surface area contributed by atoms with Gasteiger partial charge in [-0.05, 0) is 68.0 Å². The first-order valence-electron chi connectivity index (χ1n) is 11.5. The molecule has 4 amide bonds. The van der Waals surface area contributed by atoms with Crippen LogP contribution in [0, 0.1) is 0 Å². The maximum absolute atomic E-state index is 12.8. The van der Waals surface area contributed by atoms with Crippen molar-refractivity contribution in [3.63, 3.8) is 0 Å². The zero-order valence-electron chi connectivity index (χ0n) is 18.5. The first-order chi connectivity index (χ1) is 15.6. The molecule has 1 atom stereocenters. The van der Waals surface area contributed by atoms with Crippen LogP contribution in [0.3, 0.4) is 0 Å². The fourth-order valence-electron chi connectivity index (χ4n) is 5.05. The van der Waals surface area contributed by atoms with Crippen LogP contribution in [0.5, 0.6) is 0 Å². The largest absolute Gasteiger partial charge is 0.355 e. The monoisotopic (exact) mass is 488 g/mol. The highest BCUT2D eigenvalue weighted by Gasteiger charge is 2.39. The predicted octanol–water partition coefficient (Wildman–Crippen LogP) is 3.66. The Labute approximate surface area is 204 Å². The number of benzene rings is 1. The normalized spacial score (nSPS) is 23.9. The minimum Gasteiger partial charge on any atom is -0.342 e. The first kappa shape index (κ1) is 24.0. The molecule has 4 aliphatic heterocycles. The Hall–Kier alpha value is -2.16. The van der Waals surface area contributed by atoms with Gasteiger partial charge < -0.3 is 9.80 Å². The van der Waals surface area contributed by atoms with Gasteiger partial charge in [0, 0.05) is 19.1 Å². The number of piperidine rings is 2. The Balaban J connectivity index is 0.00000259. The van der Waals surface area contributed by atoms with Gasteiger partial charge in [-0.25, -0.2) is 9.69 Å². The molecule has 0 N–H and O–H groups in total. The summed E-state index contributed by atoms with van der Waals surface area (Å²) in [7, 11) is 0. The molecule has 2 fully saturated rings. The summed E-state index contributed by atoms with van der Waals surface area (Å²) in [6, 6.07) is 7.17. The Morgan fingerprint density at radius 2 is 1.70 bits per heavy atom. The third-order valence-corrected chi connectivity index (χ3v) is 7.87. The zero-order valence-corrected chi connectivity index (χ0v) is 20.2. The van der Waals surface area contributed by atoms with Crippen molar-refractivity contribution >= 4 is 53.4 Å². The van der Waals surface area contributed by atoms with Crippen molar-refractivity contribution in [1.82, 2.24) is 9.80 Å². The number of amides is 4. The molecule has 1 aromatic rings. The minimum absolute atomic E-state index is 0. The first-order valence-corrected chi connectivity index (χ1v) is 12.4. The number of fused-ring (bicyclic) bond motifs is 1. The van der Waals surface area contributed by atoms with Gasteiger partial charge in [0.1, 0.15) is 5.25 Å². The summed E-state index contributed by atoms with van der Waals surface area (Å²) < 4.78 is 0. The van der Waals surface area contributed by atoms with Crippen LogP contribution in [-0.4, -0.2) is 70.8 Å². The second kappa shape index (κ2) is 10.4. The number of rotatable bonds is 4. The van der Waals surface area contributed by atoms with Crippen molar-refractivity contribution in [3.8, 4) is 0 Å². The Morgan fingerprint density at radius 1 is 1.00 bits per heavy atom. The second-order valence-corrected chi connectivity index (χ2v) is 9.88. The molecule has 0 spiro atoms. The molecule has 4 heterocycles. The van der Waals surface area contributed by atoms with Crippen molar-refractivity contribution < 1.29 is 14.4 Å². The lowest BCUT2D eigenvalue weighted by Gasteiger charge is -2.40. The highest BCUT2D eigenvalue weighted by Crippen LogP contribution is 2.31. The fraction of sp³-hybridized carbons (Fsp3) is 0.500. The third kappa shape index (κ3) is 5.03. The van der Waals surface area contributed by atoms with Gasteiger partial charge in [0.15, 0.2) is 0 Å². The molecule has 0 bridgehead atoms. The Morgan fingerprint density at radius 3 is 2.39 bits per heavy atom. The summed E-state index contributed by atoms with van der Waals surface area (Å²) in [6.07, 6.45) is 8.10. The number of hydrogen-bond acceptors (Lipinski definition) is 5. The molecule has 33 heavy (non-hydrogen) atoms. The standard InChI is InChI=1S/C24H28N4O3S.ClH/c29-21(27-13-8-18(9-14-27)26-11-2-1-3-12-26)16-17-4-6-19(7-5-17)28-23(30)22-20(10-15-32-22)25-24(28)31;/h4-7,10,15,18,22H,1-3,8-9,11-14,16H2;1H. The van der Waals surface area contributed by atoms with Crippen LogP contribution in [0.15, 0.2) is 40.7 Å². The van der Waals surface area contributed by atoms with Gasteiger partial charge >= 0.3 is 6.03 Å². The molecule has 2 saturated heterocycles. The number of urea groups is 1. The lowest BCUT2D eigenvalue weighted by molar-refractivity contribution is -0.132. The summed E-state index contributed by atoms with van der Waals surface area (Å²) >= 11 is 1.36. The van der Waals surface area contributed by atoms with Crippen molar-refractivity contribution in [2.45, 2.75) is 49.8 Å². The molecule has 7 nitrogen and oxygen atoms in total. The lowest BCUT2D eigenvalue weighted by atomic mass is 9.99. The van der Waals surface area contributed by atoms with Crippen LogP contribution in [0.2, 0.25) is 0 Å². The highest BCUT2D eigenvalue weighted by atomic mass is 35.5. The van der Waals surface area contributed by atoms with Gasteiger partial charge in [-0.2, -0.15) is 4.99 Å². The summed E-state index contributed by atoms with van der Waals surface area (Å²) in [6.45, 7) is 4.05. The van der Waals surface area contributed by atoms with E-state index in [4.69, 9.17) is 0 Å². The number of halogens is 1. The average Bonchev–Trinajstić information content (AvgIpc) is 3.29. The topological polar surface area (TPSA) is 73.3 Å². The van der Waals surface area contributed by atoms with Crippen LogP contribution in [0.1, 0.15) is 37.7 Å². The third-order valence-electron chi connectivity index (χ3n) is 6.86. The van der Waals surface area contributed by atoms with Crippen molar-refractivity contribution in [3.05, 3.63) is 41.3 Å². The van der Waals surface area contributed by atoms with E-state index in [0.29, 0.717) is 23.9 Å². The van der Waals surface area contributed by atoms with Gasteiger partial charge in [0.25, 0.3) is 5.91 Å². The Kier molecular flexibility index (Phi) is 7.56. The molecular weight excluding hydrogens is 460 g/mol. The van der Waals surface area contributed by atoms with Crippen LogP contribution < -0.4 is 4.90 Å². The van der Waals surface area contributed by atoms with Crippen LogP contribution >= 0.6 is 24.2 Å². The van der Waals surface area contributed by atoms with E-state index in [1.54, 1.807) is 23.6 Å². The molecule has 0 aromatic heterocycles. The number of thioether (sulfide) groups is 1. The van der Waals surface area contributed by atoms with Gasteiger partial charge in [-0.1, -0.05) is 18.6 Å². The molecule has 9 heteroatoms. The molecule has 4 aliphatic rings. The minimum atomic E-state index is -0.561. The molecule has 1 unspecified atom stereocenters. The molecular formula is C24H29ClN4O3S. The second-order valence-electron chi connectivity index (χ2n) is 8.86. The van der Waals surface area contributed by atoms with E-state index in [1.807, 2.05) is 17.0 Å². The van der Waals surface area contributed by atoms with Crippen LogP contribution in [0.4, 0.5) is 10.5 Å². The molecule has 1 aromatic carbocycles. The van der Waals surface area contributed by atoms with Crippen LogP contribution in [-0.2, 0) is 16.0 Å². The number of aliphatic imine (C=N–C) groups is 1. The van der Waals surface area contributed by atoms with E-state index in [1.165, 1.54) is 44.1 Å². The molecule has 0 saturated carbocycles. The number of carbonyl (C=O) groups excluding carboxylic acids is 3. The maximum atomic E-state index is 12.8. The van der Waals surface area contributed by atoms with E-state index in [-0.39, 0.29) is 24.2 Å². The Bertz CT molecular complexity index is 966. The number of anilines is 1. The summed E-state index contributed by atoms with van der Waals surface area (Å²) in [5.41, 5.74) is 1.90. The lowest BCUT2D eigenvalue weighted by Crippen LogP contribution is -2.48. The summed E-state index contributed by atoms with van der Waals surface area (Å²) in [5.74, 6) is -0.127. The fourth-order valence-corrected chi connectivity index (χ4v) is 5.92. The van der Waals surface area contributed by atoms with Gasteiger partial charge in [0.05, 0.1) is 17.8 Å². The number of nitrogens with zero attached hydrogens (tertiary/aromatic N) is 4. The average molecular weight is 489 g/mol. The highest BCUT2D eigenvalue weighted by molar-refractivity contribution is 8.04. The molecule has 5 rings (SSSR count). The predicted molar refractivity (Wildman–Crippen MR) is 133 cm³/mol. The number of hydrogen-bond donors (Lipinski definition) is 0. The number of imide groups is 1.